The Kier molecular flexibility index (Phi) is 5.39. The predicted molar refractivity (Wildman–Crippen MR) is 86.6 cm³/mol. The van der Waals surface area contributed by atoms with Crippen molar-refractivity contribution in [2.24, 2.45) is 0 Å². The Labute approximate surface area is 142 Å². The maximum absolute atomic E-state index is 12.7. The molecule has 0 unspecified atom stereocenters. The van der Waals surface area contributed by atoms with Crippen LogP contribution < -0.4 is 10.1 Å². The van der Waals surface area contributed by atoms with Crippen molar-refractivity contribution in [2.45, 2.75) is 26.1 Å². The van der Waals surface area contributed by atoms with Gasteiger partial charge in [0.15, 0.2) is 0 Å². The van der Waals surface area contributed by atoms with Crippen molar-refractivity contribution in [1.29, 1.82) is 0 Å². The third-order valence-electron chi connectivity index (χ3n) is 3.03. The van der Waals surface area contributed by atoms with Crippen LogP contribution in [0.5, 0.6) is 5.75 Å². The minimum atomic E-state index is -4.51. The van der Waals surface area contributed by atoms with Crippen molar-refractivity contribution in [3.63, 3.8) is 0 Å². The van der Waals surface area contributed by atoms with Gasteiger partial charge in [-0.2, -0.15) is 13.2 Å². The van der Waals surface area contributed by atoms with Crippen LogP contribution in [0.25, 0.3) is 0 Å². The maximum atomic E-state index is 12.7. The lowest BCUT2D eigenvalue weighted by Crippen LogP contribution is -2.14. The van der Waals surface area contributed by atoms with Gasteiger partial charge < -0.3 is 10.1 Å². The summed E-state index contributed by atoms with van der Waals surface area (Å²) in [5.74, 6) is 0.0333. The summed E-state index contributed by atoms with van der Waals surface area (Å²) in [5, 5.41) is 2.41. The standard InChI is InChI=1S/C17H15ClF3NO2/c1-10(2)24-13-6-3-11(4-7-13)16(23)22-15-9-12(17(19,20)21)5-8-14(15)18/h3-10H,1-2H3,(H,22,23). The molecule has 0 saturated carbocycles. The first-order valence-electron chi connectivity index (χ1n) is 7.11. The second-order valence-corrected chi connectivity index (χ2v) is 5.74. The van der Waals surface area contributed by atoms with E-state index in [9.17, 15) is 18.0 Å². The second-order valence-electron chi connectivity index (χ2n) is 5.34. The number of halogens is 4. The lowest BCUT2D eigenvalue weighted by molar-refractivity contribution is -0.137. The molecule has 0 fully saturated rings. The van der Waals surface area contributed by atoms with Gasteiger partial charge >= 0.3 is 6.18 Å². The van der Waals surface area contributed by atoms with Crippen molar-refractivity contribution in [3.8, 4) is 5.75 Å². The third kappa shape index (κ3) is 4.64. The van der Waals surface area contributed by atoms with Gasteiger partial charge in [0.05, 0.1) is 22.4 Å². The fourth-order valence-electron chi connectivity index (χ4n) is 1.95. The Morgan fingerprint density at radius 3 is 2.29 bits per heavy atom. The molecule has 0 aliphatic carbocycles. The van der Waals surface area contributed by atoms with Gasteiger partial charge in [0, 0.05) is 5.56 Å². The van der Waals surface area contributed by atoms with Crippen molar-refractivity contribution < 1.29 is 22.7 Å². The highest BCUT2D eigenvalue weighted by atomic mass is 35.5. The number of ether oxygens (including phenoxy) is 1. The average Bonchev–Trinajstić information content (AvgIpc) is 2.48. The van der Waals surface area contributed by atoms with Gasteiger partial charge in [-0.3, -0.25) is 4.79 Å². The summed E-state index contributed by atoms with van der Waals surface area (Å²) in [6.45, 7) is 3.74. The van der Waals surface area contributed by atoms with E-state index in [0.29, 0.717) is 5.75 Å². The molecular formula is C17H15ClF3NO2. The molecule has 0 spiro atoms. The zero-order valence-electron chi connectivity index (χ0n) is 12.9. The van der Waals surface area contributed by atoms with Crippen LogP contribution in [0.2, 0.25) is 5.02 Å². The number of hydrogen-bond donors (Lipinski definition) is 1. The second kappa shape index (κ2) is 7.13. The molecule has 2 aromatic carbocycles. The molecule has 24 heavy (non-hydrogen) atoms. The van der Waals surface area contributed by atoms with Crippen LogP contribution in [-0.4, -0.2) is 12.0 Å². The average molecular weight is 358 g/mol. The van der Waals surface area contributed by atoms with Gasteiger partial charge in [-0.25, -0.2) is 0 Å². The van der Waals surface area contributed by atoms with E-state index in [1.807, 2.05) is 13.8 Å². The highest BCUT2D eigenvalue weighted by molar-refractivity contribution is 6.34. The molecule has 128 valence electrons. The van der Waals surface area contributed by atoms with Crippen LogP contribution in [0.4, 0.5) is 18.9 Å². The molecule has 0 aliphatic rings. The molecule has 0 atom stereocenters. The first-order valence-corrected chi connectivity index (χ1v) is 7.49. The van der Waals surface area contributed by atoms with Crippen molar-refractivity contribution in [2.75, 3.05) is 5.32 Å². The summed E-state index contributed by atoms with van der Waals surface area (Å²) in [6, 6.07) is 9.03. The molecule has 0 aliphatic heterocycles. The van der Waals surface area contributed by atoms with E-state index in [2.05, 4.69) is 5.32 Å². The molecule has 2 aromatic rings. The summed E-state index contributed by atoms with van der Waals surface area (Å²) >= 11 is 5.86. The van der Waals surface area contributed by atoms with Crippen molar-refractivity contribution >= 4 is 23.2 Å². The summed E-state index contributed by atoms with van der Waals surface area (Å²) in [6.07, 6.45) is -4.52. The molecule has 0 bridgehead atoms. The van der Waals surface area contributed by atoms with Crippen LogP contribution in [0, 0.1) is 0 Å². The van der Waals surface area contributed by atoms with Gasteiger partial charge in [0.25, 0.3) is 5.91 Å². The lowest BCUT2D eigenvalue weighted by Gasteiger charge is -2.12. The summed E-state index contributed by atoms with van der Waals surface area (Å²) in [4.78, 5) is 12.2. The number of benzene rings is 2. The third-order valence-corrected chi connectivity index (χ3v) is 3.36. The summed E-state index contributed by atoms with van der Waals surface area (Å²) < 4.78 is 43.7. The monoisotopic (exact) mass is 357 g/mol. The molecule has 1 N–H and O–H groups in total. The first-order chi connectivity index (χ1) is 11.2. The first kappa shape index (κ1) is 18.1. The maximum Gasteiger partial charge on any atom is 0.416 e. The zero-order chi connectivity index (χ0) is 17.9. The van der Waals surface area contributed by atoms with Crippen LogP contribution in [0.1, 0.15) is 29.8 Å². The van der Waals surface area contributed by atoms with Crippen molar-refractivity contribution in [3.05, 3.63) is 58.6 Å². The van der Waals surface area contributed by atoms with E-state index in [1.54, 1.807) is 12.1 Å². The number of hydrogen-bond acceptors (Lipinski definition) is 2. The number of carbonyl (C=O) groups is 1. The van der Waals surface area contributed by atoms with Gasteiger partial charge in [-0.1, -0.05) is 11.6 Å². The van der Waals surface area contributed by atoms with E-state index in [-0.39, 0.29) is 22.4 Å². The summed E-state index contributed by atoms with van der Waals surface area (Å²) in [7, 11) is 0. The highest BCUT2D eigenvalue weighted by Crippen LogP contribution is 2.34. The van der Waals surface area contributed by atoms with E-state index < -0.39 is 17.6 Å². The largest absolute Gasteiger partial charge is 0.491 e. The van der Waals surface area contributed by atoms with Gasteiger partial charge in [0.2, 0.25) is 0 Å². The molecular weight excluding hydrogens is 343 g/mol. The van der Waals surface area contributed by atoms with Gasteiger partial charge in [-0.05, 0) is 56.3 Å². The Morgan fingerprint density at radius 2 is 1.75 bits per heavy atom. The molecule has 1 amide bonds. The Hall–Kier alpha value is -2.21. The fourth-order valence-corrected chi connectivity index (χ4v) is 2.11. The lowest BCUT2D eigenvalue weighted by atomic mass is 10.1. The van der Waals surface area contributed by atoms with E-state index in [0.717, 1.165) is 18.2 Å². The minimum Gasteiger partial charge on any atom is -0.491 e. The fraction of sp³-hybridized carbons (Fsp3) is 0.235. The number of carbonyl (C=O) groups excluding carboxylic acids is 1. The SMILES string of the molecule is CC(C)Oc1ccc(C(=O)Nc2cc(C(F)(F)F)ccc2Cl)cc1. The van der Waals surface area contributed by atoms with Crippen LogP contribution in [0.15, 0.2) is 42.5 Å². The van der Waals surface area contributed by atoms with E-state index in [4.69, 9.17) is 16.3 Å². The zero-order valence-corrected chi connectivity index (χ0v) is 13.7. The quantitative estimate of drug-likeness (QED) is 0.795. The smallest absolute Gasteiger partial charge is 0.416 e. The predicted octanol–water partition coefficient (Wildman–Crippen LogP) is 5.40. The van der Waals surface area contributed by atoms with E-state index >= 15 is 0 Å². The van der Waals surface area contributed by atoms with E-state index in [1.165, 1.54) is 12.1 Å². The normalized spacial score (nSPS) is 11.5. The number of anilines is 1. The molecule has 0 radical (unpaired) electrons. The van der Waals surface area contributed by atoms with Crippen LogP contribution in [0.3, 0.4) is 0 Å². The minimum absolute atomic E-state index is 0.00593. The molecule has 3 nitrogen and oxygen atoms in total. The molecule has 0 saturated heterocycles. The number of amides is 1. The van der Waals surface area contributed by atoms with Crippen molar-refractivity contribution in [1.82, 2.24) is 0 Å². The molecule has 0 heterocycles. The van der Waals surface area contributed by atoms with Crippen LogP contribution in [-0.2, 0) is 6.18 Å². The van der Waals surface area contributed by atoms with Crippen LogP contribution >= 0.6 is 11.6 Å². The number of rotatable bonds is 4. The Balaban J connectivity index is 2.17. The molecule has 7 heteroatoms. The number of nitrogens with one attached hydrogen (secondary N) is 1. The molecule has 0 aromatic heterocycles. The summed E-state index contributed by atoms with van der Waals surface area (Å²) in [5.41, 5.74) is -0.707. The van der Waals surface area contributed by atoms with Gasteiger partial charge in [-0.15, -0.1) is 0 Å². The Morgan fingerprint density at radius 1 is 1.12 bits per heavy atom. The highest BCUT2D eigenvalue weighted by Gasteiger charge is 2.31. The topological polar surface area (TPSA) is 38.3 Å². The Bertz CT molecular complexity index is 728. The molecule has 2 rings (SSSR count). The van der Waals surface area contributed by atoms with Gasteiger partial charge in [0.1, 0.15) is 5.75 Å². The number of alkyl halides is 3.